The fourth-order valence-corrected chi connectivity index (χ4v) is 3.51. The van der Waals surface area contributed by atoms with E-state index in [1.807, 2.05) is 24.3 Å². The van der Waals surface area contributed by atoms with E-state index >= 15 is 0 Å². The summed E-state index contributed by atoms with van der Waals surface area (Å²) < 4.78 is 7.27. The van der Waals surface area contributed by atoms with Gasteiger partial charge in [0, 0.05) is 19.0 Å². The van der Waals surface area contributed by atoms with E-state index in [1.165, 1.54) is 30.2 Å². The maximum absolute atomic E-state index is 12.1. The maximum atomic E-state index is 12.1. The molecule has 1 aromatic carbocycles. The molecule has 1 aliphatic rings. The van der Waals surface area contributed by atoms with Crippen molar-refractivity contribution in [3.8, 4) is 5.75 Å². The van der Waals surface area contributed by atoms with E-state index in [2.05, 4.69) is 27.0 Å². The first-order valence-corrected chi connectivity index (χ1v) is 9.65. The van der Waals surface area contributed by atoms with Gasteiger partial charge in [-0.1, -0.05) is 23.9 Å². The van der Waals surface area contributed by atoms with Gasteiger partial charge in [0.25, 0.3) is 0 Å². The molecule has 3 rings (SSSR count). The first kappa shape index (κ1) is 17.8. The van der Waals surface area contributed by atoms with Crippen LogP contribution in [0.25, 0.3) is 0 Å². The number of nitrogens with zero attached hydrogens (tertiary/aromatic N) is 3. The Morgan fingerprint density at radius 3 is 2.72 bits per heavy atom. The number of amides is 1. The highest BCUT2D eigenvalue weighted by molar-refractivity contribution is 7.99. The number of carbonyl (C=O) groups is 1. The monoisotopic (exact) mass is 360 g/mol. The highest BCUT2D eigenvalue weighted by Crippen LogP contribution is 2.39. The standard InChI is InChI=1S/C18H24N4O2S/c1-3-22-17(14-6-7-14)20-21-18(22)25-12-16(23)19-11-10-13-4-8-15(24-2)9-5-13/h4-5,8-9,14H,3,6-7,10-12H2,1-2H3,(H,19,23). The molecule has 1 saturated carbocycles. The van der Waals surface area contributed by atoms with Crippen LogP contribution in [0.1, 0.15) is 37.1 Å². The molecule has 1 N–H and O–H groups in total. The Hall–Kier alpha value is -2.02. The van der Waals surface area contributed by atoms with Gasteiger partial charge in [-0.25, -0.2) is 0 Å². The van der Waals surface area contributed by atoms with Crippen LogP contribution in [0.2, 0.25) is 0 Å². The van der Waals surface area contributed by atoms with E-state index in [9.17, 15) is 4.79 Å². The molecular formula is C18H24N4O2S. The van der Waals surface area contributed by atoms with Gasteiger partial charge >= 0.3 is 0 Å². The van der Waals surface area contributed by atoms with Crippen molar-refractivity contribution in [1.29, 1.82) is 0 Å². The van der Waals surface area contributed by atoms with Gasteiger partial charge in [0.2, 0.25) is 5.91 Å². The predicted molar refractivity (Wildman–Crippen MR) is 98.1 cm³/mol. The average Bonchev–Trinajstić information content (AvgIpc) is 3.40. The van der Waals surface area contributed by atoms with Crippen molar-refractivity contribution in [1.82, 2.24) is 20.1 Å². The second-order valence-corrected chi connectivity index (χ2v) is 7.04. The molecule has 134 valence electrons. The summed E-state index contributed by atoms with van der Waals surface area (Å²) in [4.78, 5) is 12.1. The largest absolute Gasteiger partial charge is 0.497 e. The minimum Gasteiger partial charge on any atom is -0.497 e. The summed E-state index contributed by atoms with van der Waals surface area (Å²) in [6.45, 7) is 3.56. The molecule has 6 nitrogen and oxygen atoms in total. The summed E-state index contributed by atoms with van der Waals surface area (Å²) in [5, 5.41) is 12.3. The Morgan fingerprint density at radius 1 is 1.32 bits per heavy atom. The van der Waals surface area contributed by atoms with E-state index in [0.717, 1.165) is 29.7 Å². The second-order valence-electron chi connectivity index (χ2n) is 6.10. The van der Waals surface area contributed by atoms with Crippen LogP contribution in [-0.2, 0) is 17.8 Å². The molecule has 7 heteroatoms. The fraction of sp³-hybridized carbons (Fsp3) is 0.500. The van der Waals surface area contributed by atoms with Gasteiger partial charge in [-0.05, 0) is 43.9 Å². The Bertz CT molecular complexity index is 710. The molecule has 1 heterocycles. The molecule has 25 heavy (non-hydrogen) atoms. The molecule has 1 fully saturated rings. The molecule has 0 atom stereocenters. The Balaban J connectivity index is 1.42. The topological polar surface area (TPSA) is 69.0 Å². The molecule has 0 aliphatic heterocycles. The number of thioether (sulfide) groups is 1. The minimum absolute atomic E-state index is 0.0251. The third-order valence-corrected chi connectivity index (χ3v) is 5.20. The number of hydrogen-bond donors (Lipinski definition) is 1. The molecular weight excluding hydrogens is 336 g/mol. The van der Waals surface area contributed by atoms with Crippen LogP contribution in [0, 0.1) is 0 Å². The van der Waals surface area contributed by atoms with E-state index in [1.54, 1.807) is 7.11 Å². The lowest BCUT2D eigenvalue weighted by molar-refractivity contribution is -0.118. The number of benzene rings is 1. The highest BCUT2D eigenvalue weighted by Gasteiger charge is 2.30. The number of nitrogens with one attached hydrogen (secondary N) is 1. The zero-order chi connectivity index (χ0) is 17.6. The van der Waals surface area contributed by atoms with Crippen molar-refractivity contribution in [3.05, 3.63) is 35.7 Å². The van der Waals surface area contributed by atoms with Crippen molar-refractivity contribution >= 4 is 17.7 Å². The zero-order valence-corrected chi connectivity index (χ0v) is 15.5. The van der Waals surface area contributed by atoms with Gasteiger partial charge in [-0.15, -0.1) is 10.2 Å². The van der Waals surface area contributed by atoms with Crippen LogP contribution in [0.3, 0.4) is 0 Å². The summed E-state index contributed by atoms with van der Waals surface area (Å²) in [7, 11) is 1.65. The Morgan fingerprint density at radius 2 is 2.08 bits per heavy atom. The summed E-state index contributed by atoms with van der Waals surface area (Å²) in [6.07, 6.45) is 3.21. The van der Waals surface area contributed by atoms with Crippen molar-refractivity contribution < 1.29 is 9.53 Å². The number of carbonyl (C=O) groups excluding carboxylic acids is 1. The molecule has 0 unspecified atom stereocenters. The van der Waals surface area contributed by atoms with E-state index in [4.69, 9.17) is 4.74 Å². The molecule has 2 aromatic rings. The van der Waals surface area contributed by atoms with Crippen molar-refractivity contribution in [2.45, 2.75) is 43.8 Å². The van der Waals surface area contributed by atoms with Gasteiger partial charge in [-0.2, -0.15) is 0 Å². The van der Waals surface area contributed by atoms with Crippen LogP contribution in [0.4, 0.5) is 0 Å². The molecule has 0 bridgehead atoms. The number of aromatic nitrogens is 3. The lowest BCUT2D eigenvalue weighted by Crippen LogP contribution is -2.27. The normalized spacial score (nSPS) is 13.7. The lowest BCUT2D eigenvalue weighted by atomic mass is 10.1. The maximum Gasteiger partial charge on any atom is 0.230 e. The zero-order valence-electron chi connectivity index (χ0n) is 14.7. The van der Waals surface area contributed by atoms with Crippen LogP contribution < -0.4 is 10.1 Å². The number of ether oxygens (including phenoxy) is 1. The second kappa shape index (κ2) is 8.38. The minimum atomic E-state index is 0.0251. The lowest BCUT2D eigenvalue weighted by Gasteiger charge is -2.07. The summed E-state index contributed by atoms with van der Waals surface area (Å²) in [6, 6.07) is 7.90. The number of hydrogen-bond acceptors (Lipinski definition) is 5. The third kappa shape index (κ3) is 4.75. The van der Waals surface area contributed by atoms with Crippen LogP contribution in [0.15, 0.2) is 29.4 Å². The van der Waals surface area contributed by atoms with Gasteiger partial charge < -0.3 is 14.6 Å². The Kier molecular flexibility index (Phi) is 5.96. The van der Waals surface area contributed by atoms with Gasteiger partial charge in [0.1, 0.15) is 11.6 Å². The van der Waals surface area contributed by atoms with E-state index in [0.29, 0.717) is 18.2 Å². The smallest absolute Gasteiger partial charge is 0.230 e. The highest BCUT2D eigenvalue weighted by atomic mass is 32.2. The van der Waals surface area contributed by atoms with Crippen molar-refractivity contribution in [2.24, 2.45) is 0 Å². The third-order valence-electron chi connectivity index (χ3n) is 4.23. The van der Waals surface area contributed by atoms with Crippen LogP contribution in [0.5, 0.6) is 5.75 Å². The SMILES string of the molecule is CCn1c(SCC(=O)NCCc2ccc(OC)cc2)nnc1C1CC1. The summed E-state index contributed by atoms with van der Waals surface area (Å²) in [5.74, 6) is 2.88. The molecule has 0 saturated heterocycles. The fourth-order valence-electron chi connectivity index (χ4n) is 2.67. The first-order chi connectivity index (χ1) is 12.2. The van der Waals surface area contributed by atoms with E-state index < -0.39 is 0 Å². The number of methoxy groups -OCH3 is 1. The summed E-state index contributed by atoms with van der Waals surface area (Å²) >= 11 is 1.46. The molecule has 1 amide bonds. The first-order valence-electron chi connectivity index (χ1n) is 8.66. The summed E-state index contributed by atoms with van der Waals surface area (Å²) in [5.41, 5.74) is 1.17. The molecule has 0 radical (unpaired) electrons. The van der Waals surface area contributed by atoms with Crippen LogP contribution >= 0.6 is 11.8 Å². The molecule has 0 spiro atoms. The van der Waals surface area contributed by atoms with Crippen LogP contribution in [-0.4, -0.2) is 40.1 Å². The van der Waals surface area contributed by atoms with Crippen molar-refractivity contribution in [3.63, 3.8) is 0 Å². The average molecular weight is 360 g/mol. The Labute approximate surface area is 152 Å². The molecule has 1 aromatic heterocycles. The van der Waals surface area contributed by atoms with Gasteiger partial charge in [0.15, 0.2) is 5.16 Å². The van der Waals surface area contributed by atoms with Crippen molar-refractivity contribution in [2.75, 3.05) is 19.4 Å². The molecule has 1 aliphatic carbocycles. The van der Waals surface area contributed by atoms with Gasteiger partial charge in [0.05, 0.1) is 12.9 Å². The van der Waals surface area contributed by atoms with E-state index in [-0.39, 0.29) is 5.91 Å². The predicted octanol–water partition coefficient (Wildman–Crippen LogP) is 2.64. The quantitative estimate of drug-likeness (QED) is 0.696. The van der Waals surface area contributed by atoms with Gasteiger partial charge in [-0.3, -0.25) is 4.79 Å². The number of rotatable bonds is 9.